The van der Waals surface area contributed by atoms with Gasteiger partial charge >= 0.3 is 5.97 Å². The standard InChI is InChI=1S/C15H11N3O2S/c1-20-15(19)14-13(17)10(7-16)8-18(14)11-3-2-9-4-5-21-12(9)6-11/h2-6,8H,17H2,1H3. The van der Waals surface area contributed by atoms with Gasteiger partial charge in [0.1, 0.15) is 6.07 Å². The molecule has 104 valence electrons. The zero-order valence-corrected chi connectivity index (χ0v) is 12.0. The lowest BCUT2D eigenvalue weighted by Crippen LogP contribution is -2.11. The molecule has 0 saturated carbocycles. The van der Waals surface area contributed by atoms with Gasteiger partial charge in [-0.3, -0.25) is 0 Å². The van der Waals surface area contributed by atoms with Crippen molar-refractivity contribution in [2.45, 2.75) is 0 Å². The van der Waals surface area contributed by atoms with Gasteiger partial charge in [0.2, 0.25) is 0 Å². The van der Waals surface area contributed by atoms with Crippen molar-refractivity contribution in [2.24, 2.45) is 0 Å². The van der Waals surface area contributed by atoms with Gasteiger partial charge < -0.3 is 15.0 Å². The van der Waals surface area contributed by atoms with Crippen molar-refractivity contribution in [3.8, 4) is 11.8 Å². The van der Waals surface area contributed by atoms with Gasteiger partial charge in [0.05, 0.1) is 18.4 Å². The number of hydrogen-bond donors (Lipinski definition) is 1. The van der Waals surface area contributed by atoms with Crippen LogP contribution in [-0.2, 0) is 4.74 Å². The summed E-state index contributed by atoms with van der Waals surface area (Å²) in [5.74, 6) is -0.569. The van der Waals surface area contributed by atoms with Gasteiger partial charge in [-0.05, 0) is 29.0 Å². The van der Waals surface area contributed by atoms with Crippen LogP contribution in [0, 0.1) is 11.3 Å². The molecule has 0 bridgehead atoms. The Morgan fingerprint density at radius 2 is 2.24 bits per heavy atom. The third kappa shape index (κ3) is 2.04. The molecule has 0 saturated heterocycles. The first-order valence-electron chi connectivity index (χ1n) is 6.12. The maximum atomic E-state index is 11.9. The molecule has 0 atom stereocenters. The van der Waals surface area contributed by atoms with E-state index >= 15 is 0 Å². The zero-order valence-electron chi connectivity index (χ0n) is 11.2. The number of rotatable bonds is 2. The van der Waals surface area contributed by atoms with E-state index in [4.69, 9.17) is 15.7 Å². The predicted molar refractivity (Wildman–Crippen MR) is 81.6 cm³/mol. The maximum absolute atomic E-state index is 11.9. The second-order valence-electron chi connectivity index (χ2n) is 4.42. The van der Waals surface area contributed by atoms with Crippen LogP contribution in [-0.4, -0.2) is 17.6 Å². The number of hydrogen-bond acceptors (Lipinski definition) is 5. The summed E-state index contributed by atoms with van der Waals surface area (Å²) in [4.78, 5) is 11.9. The highest BCUT2D eigenvalue weighted by Gasteiger charge is 2.21. The second kappa shape index (κ2) is 4.96. The molecule has 0 spiro atoms. The Hall–Kier alpha value is -2.78. The fraction of sp³-hybridized carbons (Fsp3) is 0.0667. The molecule has 2 heterocycles. The second-order valence-corrected chi connectivity index (χ2v) is 5.37. The average molecular weight is 297 g/mol. The Labute approximate surface area is 124 Å². The van der Waals surface area contributed by atoms with E-state index in [9.17, 15) is 4.79 Å². The highest BCUT2D eigenvalue weighted by molar-refractivity contribution is 7.17. The number of nitrogens with zero attached hydrogens (tertiary/aromatic N) is 2. The third-order valence-corrected chi connectivity index (χ3v) is 4.14. The van der Waals surface area contributed by atoms with Crippen LogP contribution in [0.3, 0.4) is 0 Å². The minimum absolute atomic E-state index is 0.135. The van der Waals surface area contributed by atoms with Gasteiger partial charge in [0.25, 0.3) is 0 Å². The Balaban J connectivity index is 2.25. The number of esters is 1. The molecular weight excluding hydrogens is 286 g/mol. The van der Waals surface area contributed by atoms with E-state index in [-0.39, 0.29) is 16.9 Å². The van der Waals surface area contributed by atoms with Crippen LogP contribution in [0.1, 0.15) is 16.1 Å². The van der Waals surface area contributed by atoms with E-state index in [1.54, 1.807) is 22.1 Å². The van der Waals surface area contributed by atoms with Gasteiger partial charge in [0, 0.05) is 16.6 Å². The molecule has 3 rings (SSSR count). The number of benzene rings is 1. The number of methoxy groups -OCH3 is 1. The van der Waals surface area contributed by atoms with Crippen molar-refractivity contribution >= 4 is 33.1 Å². The lowest BCUT2D eigenvalue weighted by molar-refractivity contribution is 0.0593. The van der Waals surface area contributed by atoms with Crippen LogP contribution in [0.25, 0.3) is 15.8 Å². The molecule has 5 nitrogen and oxygen atoms in total. The van der Waals surface area contributed by atoms with Crippen LogP contribution < -0.4 is 5.73 Å². The number of carbonyl (C=O) groups excluding carboxylic acids is 1. The van der Waals surface area contributed by atoms with Gasteiger partial charge in [-0.2, -0.15) is 5.26 Å². The summed E-state index contributed by atoms with van der Waals surface area (Å²) in [6.07, 6.45) is 1.55. The smallest absolute Gasteiger partial charge is 0.357 e. The minimum Gasteiger partial charge on any atom is -0.464 e. The number of fused-ring (bicyclic) bond motifs is 1. The summed E-state index contributed by atoms with van der Waals surface area (Å²) < 4.78 is 7.45. The van der Waals surface area contributed by atoms with Crippen molar-refractivity contribution < 1.29 is 9.53 Å². The molecule has 3 aromatic rings. The SMILES string of the molecule is COC(=O)c1c(N)c(C#N)cn1-c1ccc2ccsc2c1. The normalized spacial score (nSPS) is 10.5. The average Bonchev–Trinajstić information content (AvgIpc) is 3.09. The summed E-state index contributed by atoms with van der Waals surface area (Å²) in [5.41, 5.74) is 7.20. The van der Waals surface area contributed by atoms with Crippen molar-refractivity contribution in [1.29, 1.82) is 5.26 Å². The largest absolute Gasteiger partial charge is 0.464 e. The number of aromatic nitrogens is 1. The fourth-order valence-corrected chi connectivity index (χ4v) is 3.03. The van der Waals surface area contributed by atoms with Gasteiger partial charge in [-0.15, -0.1) is 11.3 Å². The molecule has 2 aromatic heterocycles. The van der Waals surface area contributed by atoms with Crippen molar-refractivity contribution in [3.05, 3.63) is 47.1 Å². The highest BCUT2D eigenvalue weighted by atomic mass is 32.1. The topological polar surface area (TPSA) is 81.0 Å². The van der Waals surface area contributed by atoms with Crippen LogP contribution >= 0.6 is 11.3 Å². The number of thiophene rings is 1. The summed E-state index contributed by atoms with van der Waals surface area (Å²) in [6.45, 7) is 0. The Morgan fingerprint density at radius 3 is 2.95 bits per heavy atom. The van der Waals surface area contributed by atoms with Gasteiger partial charge in [-0.25, -0.2) is 4.79 Å². The quantitative estimate of drug-likeness (QED) is 0.737. The molecule has 0 fully saturated rings. The number of nitriles is 1. The van der Waals surface area contributed by atoms with Crippen LogP contribution in [0.4, 0.5) is 5.69 Å². The lowest BCUT2D eigenvalue weighted by Gasteiger charge is -2.08. The molecule has 1 aromatic carbocycles. The van der Waals surface area contributed by atoms with Crippen molar-refractivity contribution in [2.75, 3.05) is 12.8 Å². The molecule has 0 aliphatic heterocycles. The first kappa shape index (κ1) is 13.2. The Bertz CT molecular complexity index is 886. The van der Waals surface area contributed by atoms with Crippen LogP contribution in [0.5, 0.6) is 0 Å². The number of anilines is 1. The molecule has 21 heavy (non-hydrogen) atoms. The first-order valence-corrected chi connectivity index (χ1v) is 7.00. The predicted octanol–water partition coefficient (Wildman–Crippen LogP) is 2.93. The number of carbonyl (C=O) groups is 1. The van der Waals surface area contributed by atoms with E-state index in [0.29, 0.717) is 0 Å². The molecule has 0 amide bonds. The maximum Gasteiger partial charge on any atom is 0.357 e. The van der Waals surface area contributed by atoms with Gasteiger partial charge in [-0.1, -0.05) is 6.07 Å². The lowest BCUT2D eigenvalue weighted by atomic mass is 10.2. The Morgan fingerprint density at radius 1 is 1.43 bits per heavy atom. The fourth-order valence-electron chi connectivity index (χ4n) is 2.21. The molecule has 0 aliphatic carbocycles. The summed E-state index contributed by atoms with van der Waals surface area (Å²) in [7, 11) is 1.29. The van der Waals surface area contributed by atoms with E-state index in [1.165, 1.54) is 7.11 Å². The molecular formula is C15H11N3O2S. The Kier molecular flexibility index (Phi) is 3.12. The third-order valence-electron chi connectivity index (χ3n) is 3.26. The molecule has 0 radical (unpaired) electrons. The number of ether oxygens (including phenoxy) is 1. The van der Waals surface area contributed by atoms with Crippen molar-refractivity contribution in [3.63, 3.8) is 0 Å². The van der Waals surface area contributed by atoms with Gasteiger partial charge in [0.15, 0.2) is 5.69 Å². The van der Waals surface area contributed by atoms with Crippen LogP contribution in [0.15, 0.2) is 35.8 Å². The summed E-state index contributed by atoms with van der Waals surface area (Å²) in [5, 5.41) is 12.2. The number of nitrogens with two attached hydrogens (primary N) is 1. The van der Waals surface area contributed by atoms with E-state index in [0.717, 1.165) is 15.8 Å². The minimum atomic E-state index is -0.569. The van der Waals surface area contributed by atoms with E-state index in [1.807, 2.05) is 35.7 Å². The van der Waals surface area contributed by atoms with Crippen molar-refractivity contribution in [1.82, 2.24) is 4.57 Å². The first-order chi connectivity index (χ1) is 10.2. The monoisotopic (exact) mass is 297 g/mol. The molecule has 0 unspecified atom stereocenters. The summed E-state index contributed by atoms with van der Waals surface area (Å²) >= 11 is 1.61. The van der Waals surface area contributed by atoms with E-state index in [2.05, 4.69) is 0 Å². The number of nitrogen functional groups attached to an aromatic ring is 1. The summed E-state index contributed by atoms with van der Waals surface area (Å²) in [6, 6.07) is 9.80. The van der Waals surface area contributed by atoms with E-state index < -0.39 is 5.97 Å². The molecule has 0 aliphatic rings. The molecule has 2 N–H and O–H groups in total. The van der Waals surface area contributed by atoms with Crippen LogP contribution in [0.2, 0.25) is 0 Å². The zero-order chi connectivity index (χ0) is 15.0. The highest BCUT2D eigenvalue weighted by Crippen LogP contribution is 2.28. The molecule has 6 heteroatoms.